The van der Waals surface area contributed by atoms with Gasteiger partial charge in [0.25, 0.3) is 5.91 Å². The van der Waals surface area contributed by atoms with E-state index in [0.717, 1.165) is 5.56 Å². The third-order valence-electron chi connectivity index (χ3n) is 6.09. The first-order valence-corrected chi connectivity index (χ1v) is 11.3. The maximum Gasteiger partial charge on any atom is 0.259 e. The number of pyridine rings is 1. The number of aliphatic hydroxyl groups is 1. The maximum absolute atomic E-state index is 13.6. The van der Waals surface area contributed by atoms with Gasteiger partial charge in [0.1, 0.15) is 24.0 Å². The van der Waals surface area contributed by atoms with Crippen LogP contribution in [0.4, 0.5) is 0 Å². The van der Waals surface area contributed by atoms with Crippen molar-refractivity contribution in [1.29, 1.82) is 0 Å². The lowest BCUT2D eigenvalue weighted by Crippen LogP contribution is -2.50. The standard InChI is InChI=1S/C25H33N3O6/c1-16-12-28(17(2)14-29)25(31)20-10-18(19-8-6-7-9-21(19)33-5)11-26-24(20)34-22(16)13-27(3)23(30)15-32-4/h6-11,16-17,22,29H,12-15H2,1-5H3/t16-,17-,22-/m0/s1. The average molecular weight is 472 g/mol. The number of aliphatic hydroxyl groups excluding tert-OH is 1. The first-order valence-electron chi connectivity index (χ1n) is 11.3. The maximum atomic E-state index is 13.6. The second-order valence-electron chi connectivity index (χ2n) is 8.61. The van der Waals surface area contributed by atoms with E-state index in [1.54, 1.807) is 43.1 Å². The molecule has 2 heterocycles. The summed E-state index contributed by atoms with van der Waals surface area (Å²) in [5.74, 6) is 0.294. The van der Waals surface area contributed by atoms with Crippen LogP contribution < -0.4 is 9.47 Å². The van der Waals surface area contributed by atoms with Crippen molar-refractivity contribution < 1.29 is 28.9 Å². The molecule has 0 bridgehead atoms. The number of carbonyl (C=O) groups is 2. The molecular formula is C25H33N3O6. The third-order valence-corrected chi connectivity index (χ3v) is 6.09. The van der Waals surface area contributed by atoms with Gasteiger partial charge in [-0.25, -0.2) is 4.98 Å². The van der Waals surface area contributed by atoms with Crippen molar-refractivity contribution in [2.75, 3.05) is 47.6 Å². The predicted octanol–water partition coefficient (Wildman–Crippen LogP) is 2.08. The Morgan fingerprint density at radius 1 is 1.32 bits per heavy atom. The highest BCUT2D eigenvalue weighted by atomic mass is 16.5. The molecule has 1 aliphatic heterocycles. The van der Waals surface area contributed by atoms with Crippen LogP contribution in [0.5, 0.6) is 11.6 Å². The number of aromatic nitrogens is 1. The Morgan fingerprint density at radius 3 is 2.74 bits per heavy atom. The van der Waals surface area contributed by atoms with Crippen molar-refractivity contribution in [3.63, 3.8) is 0 Å². The molecule has 0 unspecified atom stereocenters. The molecule has 2 amide bonds. The van der Waals surface area contributed by atoms with Crippen LogP contribution in [0.25, 0.3) is 11.1 Å². The molecule has 3 atom stereocenters. The molecule has 34 heavy (non-hydrogen) atoms. The van der Waals surface area contributed by atoms with Crippen LogP contribution in [0.2, 0.25) is 0 Å². The van der Waals surface area contributed by atoms with Crippen molar-refractivity contribution in [3.8, 4) is 22.8 Å². The largest absolute Gasteiger partial charge is 0.496 e. The molecule has 1 aromatic carbocycles. The van der Waals surface area contributed by atoms with Crippen molar-refractivity contribution in [1.82, 2.24) is 14.8 Å². The minimum atomic E-state index is -0.421. The van der Waals surface area contributed by atoms with Gasteiger partial charge in [0.05, 0.1) is 26.3 Å². The lowest BCUT2D eigenvalue weighted by molar-refractivity contribution is -0.135. The summed E-state index contributed by atoms with van der Waals surface area (Å²) in [6.07, 6.45) is 1.23. The number of rotatable bonds is 8. The normalized spacial score (nSPS) is 18.9. The number of methoxy groups -OCH3 is 2. The molecule has 0 aliphatic carbocycles. The van der Waals surface area contributed by atoms with Gasteiger partial charge >= 0.3 is 0 Å². The molecule has 9 heteroatoms. The van der Waals surface area contributed by atoms with E-state index >= 15 is 0 Å². The molecule has 0 spiro atoms. The molecule has 0 saturated carbocycles. The summed E-state index contributed by atoms with van der Waals surface area (Å²) < 4.78 is 16.7. The molecule has 0 fully saturated rings. The zero-order valence-corrected chi connectivity index (χ0v) is 20.4. The van der Waals surface area contributed by atoms with Crippen molar-refractivity contribution in [2.45, 2.75) is 26.0 Å². The van der Waals surface area contributed by atoms with E-state index in [1.165, 1.54) is 7.11 Å². The van der Waals surface area contributed by atoms with Crippen LogP contribution >= 0.6 is 0 Å². The second kappa shape index (κ2) is 11.3. The van der Waals surface area contributed by atoms with Crippen molar-refractivity contribution in [2.24, 2.45) is 5.92 Å². The van der Waals surface area contributed by atoms with Gasteiger partial charge in [-0.15, -0.1) is 0 Å². The van der Waals surface area contributed by atoms with Gasteiger partial charge in [0, 0.05) is 43.9 Å². The van der Waals surface area contributed by atoms with Crippen LogP contribution in [-0.2, 0) is 9.53 Å². The molecule has 9 nitrogen and oxygen atoms in total. The first kappa shape index (κ1) is 25.5. The number of para-hydroxylation sites is 1. The second-order valence-corrected chi connectivity index (χ2v) is 8.61. The van der Waals surface area contributed by atoms with Gasteiger partial charge in [0.2, 0.25) is 11.8 Å². The molecule has 0 radical (unpaired) electrons. The SMILES string of the molecule is COCC(=O)N(C)C[C@@H]1Oc2ncc(-c3ccccc3OC)cc2C(=O)N([C@@H](C)CO)C[C@@H]1C. The van der Waals surface area contributed by atoms with Crippen LogP contribution in [-0.4, -0.2) is 91.4 Å². The Kier molecular flexibility index (Phi) is 8.46. The quantitative estimate of drug-likeness (QED) is 0.629. The highest BCUT2D eigenvalue weighted by molar-refractivity contribution is 5.98. The summed E-state index contributed by atoms with van der Waals surface area (Å²) in [4.78, 5) is 33.5. The van der Waals surface area contributed by atoms with Crippen molar-refractivity contribution >= 4 is 11.8 Å². The fraction of sp³-hybridized carbons (Fsp3) is 0.480. The number of likely N-dealkylation sites (N-methyl/N-ethyl adjacent to an activating group) is 1. The zero-order chi connectivity index (χ0) is 24.8. The summed E-state index contributed by atoms with van der Waals surface area (Å²) in [6.45, 7) is 4.21. The van der Waals surface area contributed by atoms with Gasteiger partial charge in [0.15, 0.2) is 0 Å². The van der Waals surface area contributed by atoms with E-state index < -0.39 is 12.1 Å². The Morgan fingerprint density at radius 2 is 2.06 bits per heavy atom. The van der Waals surface area contributed by atoms with Gasteiger partial charge < -0.3 is 29.1 Å². The monoisotopic (exact) mass is 471 g/mol. The zero-order valence-electron chi connectivity index (χ0n) is 20.4. The van der Waals surface area contributed by atoms with Crippen LogP contribution in [0.1, 0.15) is 24.2 Å². The lowest BCUT2D eigenvalue weighted by Gasteiger charge is -2.37. The van der Waals surface area contributed by atoms with Crippen molar-refractivity contribution in [3.05, 3.63) is 42.1 Å². The molecule has 2 aromatic rings. The van der Waals surface area contributed by atoms with Gasteiger partial charge in [-0.3, -0.25) is 9.59 Å². The Hall–Kier alpha value is -3.17. The Balaban J connectivity index is 2.04. The van der Waals surface area contributed by atoms with Gasteiger partial charge in [-0.2, -0.15) is 0 Å². The van der Waals surface area contributed by atoms with Crippen LogP contribution in [0, 0.1) is 5.92 Å². The summed E-state index contributed by atoms with van der Waals surface area (Å²) in [7, 11) is 4.75. The number of hydrogen-bond acceptors (Lipinski definition) is 7. The molecule has 0 saturated heterocycles. The Labute approximate surface area is 200 Å². The topological polar surface area (TPSA) is 101 Å². The minimum absolute atomic E-state index is 0.0269. The molecule has 1 aliphatic rings. The molecule has 1 N–H and O–H groups in total. The van der Waals surface area contributed by atoms with E-state index in [1.807, 2.05) is 31.2 Å². The lowest BCUT2D eigenvalue weighted by atomic mass is 9.99. The summed E-state index contributed by atoms with van der Waals surface area (Å²) in [6, 6.07) is 8.84. The number of ether oxygens (including phenoxy) is 3. The summed E-state index contributed by atoms with van der Waals surface area (Å²) in [5, 5.41) is 9.82. The predicted molar refractivity (Wildman–Crippen MR) is 127 cm³/mol. The smallest absolute Gasteiger partial charge is 0.259 e. The highest BCUT2D eigenvalue weighted by Gasteiger charge is 2.34. The number of carbonyl (C=O) groups excluding carboxylic acids is 2. The fourth-order valence-electron chi connectivity index (χ4n) is 3.96. The van der Waals surface area contributed by atoms with E-state index in [2.05, 4.69) is 4.98 Å². The number of benzene rings is 1. The number of amides is 2. The van der Waals surface area contributed by atoms with Crippen LogP contribution in [0.15, 0.2) is 36.5 Å². The molecule has 1 aromatic heterocycles. The first-order chi connectivity index (χ1) is 16.3. The fourth-order valence-corrected chi connectivity index (χ4v) is 3.96. The number of fused-ring (bicyclic) bond motifs is 1. The van der Waals surface area contributed by atoms with E-state index in [4.69, 9.17) is 14.2 Å². The summed E-state index contributed by atoms with van der Waals surface area (Å²) >= 11 is 0. The van der Waals surface area contributed by atoms with E-state index in [0.29, 0.717) is 30.0 Å². The Bertz CT molecular complexity index is 1010. The van der Waals surface area contributed by atoms with Crippen LogP contribution in [0.3, 0.4) is 0 Å². The van der Waals surface area contributed by atoms with E-state index in [9.17, 15) is 14.7 Å². The third kappa shape index (κ3) is 5.48. The number of nitrogens with zero attached hydrogens (tertiary/aromatic N) is 3. The van der Waals surface area contributed by atoms with Gasteiger partial charge in [-0.1, -0.05) is 25.1 Å². The van der Waals surface area contributed by atoms with Gasteiger partial charge in [-0.05, 0) is 19.1 Å². The number of hydrogen-bond donors (Lipinski definition) is 1. The minimum Gasteiger partial charge on any atom is -0.496 e. The summed E-state index contributed by atoms with van der Waals surface area (Å²) in [5.41, 5.74) is 1.81. The highest BCUT2D eigenvalue weighted by Crippen LogP contribution is 2.34. The van der Waals surface area contributed by atoms with E-state index in [-0.39, 0.29) is 36.8 Å². The molecule has 184 valence electrons. The molecule has 3 rings (SSSR count). The average Bonchev–Trinajstić information content (AvgIpc) is 2.85. The molecular weight excluding hydrogens is 438 g/mol.